The van der Waals surface area contributed by atoms with Crippen LogP contribution in [0.15, 0.2) is 11.6 Å². The summed E-state index contributed by atoms with van der Waals surface area (Å²) in [5, 5.41) is 0. The Morgan fingerprint density at radius 1 is 0.718 bits per heavy atom. The van der Waals surface area contributed by atoms with Crippen molar-refractivity contribution in [1.82, 2.24) is 0 Å². The molecule has 0 aromatic heterocycles. The predicted molar refractivity (Wildman–Crippen MR) is 175 cm³/mol. The zero-order chi connectivity index (χ0) is 29.4. The van der Waals surface area contributed by atoms with Gasteiger partial charge in [0.15, 0.2) is 33.3 Å². The summed E-state index contributed by atoms with van der Waals surface area (Å²) >= 11 is 0. The van der Waals surface area contributed by atoms with Crippen molar-refractivity contribution in [3.8, 4) is 0 Å². The van der Waals surface area contributed by atoms with Crippen LogP contribution in [0.2, 0.25) is 78.6 Å². The van der Waals surface area contributed by atoms with Crippen LogP contribution in [0, 0.1) is 28.6 Å². The normalized spacial score (nSPS) is 41.5. The van der Waals surface area contributed by atoms with Crippen LogP contribution in [0.4, 0.5) is 0 Å². The lowest BCUT2D eigenvalue weighted by Gasteiger charge is -2.61. The van der Waals surface area contributed by atoms with Gasteiger partial charge in [-0.05, 0) is 140 Å². The van der Waals surface area contributed by atoms with Gasteiger partial charge in [0.1, 0.15) is 0 Å². The number of allylic oxidation sites excluding steroid dienone is 1. The van der Waals surface area contributed by atoms with Gasteiger partial charge in [-0.3, -0.25) is 0 Å². The lowest BCUT2D eigenvalue weighted by Crippen LogP contribution is -2.60. The van der Waals surface area contributed by atoms with Crippen molar-refractivity contribution in [1.29, 1.82) is 0 Å². The molecule has 0 aromatic rings. The van der Waals surface area contributed by atoms with E-state index in [1.54, 1.807) is 5.57 Å². The van der Waals surface area contributed by atoms with Crippen LogP contribution in [-0.4, -0.2) is 57.7 Å². The van der Waals surface area contributed by atoms with Gasteiger partial charge in [-0.15, -0.1) is 0 Å². The first kappa shape index (κ1) is 32.4. The van der Waals surface area contributed by atoms with Gasteiger partial charge in [-0.2, -0.15) is 0 Å². The van der Waals surface area contributed by atoms with E-state index in [9.17, 15) is 0 Å². The summed E-state index contributed by atoms with van der Waals surface area (Å²) < 4.78 is 28.1. The van der Waals surface area contributed by atoms with E-state index >= 15 is 0 Å². The summed E-state index contributed by atoms with van der Waals surface area (Å²) in [5.74, 6) is 1.84. The highest BCUT2D eigenvalue weighted by Crippen LogP contribution is 2.66. The monoisotopic (exact) mass is 610 g/mol. The molecule has 4 aliphatic rings. The molecule has 3 fully saturated rings. The van der Waals surface area contributed by atoms with Crippen molar-refractivity contribution in [2.24, 2.45) is 28.6 Å². The molecule has 0 radical (unpaired) electrons. The minimum absolute atomic E-state index is 0.0932. The van der Waals surface area contributed by atoms with Crippen molar-refractivity contribution >= 4 is 33.3 Å². The molecule has 0 spiro atoms. The standard InChI is InChI=1S/C31H62O4Si4/c1-30-18-17-23(32-36(3,4)5)19-22(30)15-16-24-25-20-26(33-37(6,7)8)29(35-39(12,13)14)31(25,2)21-27(28(24)30)34-38(9,10)11/h15,23-29H,16-21H2,1-14H3. The SMILES string of the molecule is CC12CCC(O[Si](C)(C)C)CC1=CCC1C2C(O[Si](C)(C)C)CC2(C)C1CC(O[Si](C)(C)C)C2O[Si](C)(C)C. The zero-order valence-corrected chi connectivity index (χ0v) is 32.0. The highest BCUT2D eigenvalue weighted by atomic mass is 28.4. The van der Waals surface area contributed by atoms with Crippen LogP contribution < -0.4 is 0 Å². The molecule has 0 saturated heterocycles. The molecule has 226 valence electrons. The lowest BCUT2D eigenvalue weighted by molar-refractivity contribution is -0.130. The third kappa shape index (κ3) is 7.16. The Kier molecular flexibility index (Phi) is 8.76. The third-order valence-corrected chi connectivity index (χ3v) is 13.9. The Hall–Kier alpha value is 0.448. The molecule has 9 unspecified atom stereocenters. The number of hydrogen-bond acceptors (Lipinski definition) is 4. The largest absolute Gasteiger partial charge is 0.414 e. The average molecular weight is 611 g/mol. The second-order valence-corrected chi connectivity index (χ2v) is 35.7. The maximum Gasteiger partial charge on any atom is 0.184 e. The fraction of sp³-hybridized carbons (Fsp3) is 0.935. The molecular weight excluding hydrogens is 549 g/mol. The Morgan fingerprint density at radius 3 is 1.79 bits per heavy atom. The van der Waals surface area contributed by atoms with Crippen molar-refractivity contribution < 1.29 is 17.7 Å². The van der Waals surface area contributed by atoms with Crippen molar-refractivity contribution in [2.45, 2.75) is 155 Å². The maximum atomic E-state index is 7.27. The first-order valence-corrected chi connectivity index (χ1v) is 29.5. The fourth-order valence-corrected chi connectivity index (χ4v) is 13.6. The van der Waals surface area contributed by atoms with Crippen molar-refractivity contribution in [2.75, 3.05) is 0 Å². The average Bonchev–Trinajstić information content (AvgIpc) is 2.94. The minimum atomic E-state index is -1.76. The molecule has 4 nitrogen and oxygen atoms in total. The van der Waals surface area contributed by atoms with E-state index in [-0.39, 0.29) is 23.0 Å². The van der Waals surface area contributed by atoms with E-state index in [2.05, 4.69) is 98.5 Å². The molecule has 0 amide bonds. The molecule has 4 aliphatic carbocycles. The summed E-state index contributed by atoms with van der Waals surface area (Å²) in [6, 6.07) is 0. The maximum absolute atomic E-state index is 7.27. The second-order valence-electron chi connectivity index (χ2n) is 17.9. The Bertz CT molecular complexity index is 927. The quantitative estimate of drug-likeness (QED) is 0.203. The molecule has 3 saturated carbocycles. The predicted octanol–water partition coefficient (Wildman–Crippen LogP) is 9.05. The van der Waals surface area contributed by atoms with Crippen molar-refractivity contribution in [3.63, 3.8) is 0 Å². The summed E-state index contributed by atoms with van der Waals surface area (Å²) in [6.45, 7) is 33.4. The van der Waals surface area contributed by atoms with Gasteiger partial charge in [0.2, 0.25) is 0 Å². The van der Waals surface area contributed by atoms with Crippen LogP contribution >= 0.6 is 0 Å². The van der Waals surface area contributed by atoms with E-state index in [0.717, 1.165) is 19.3 Å². The Balaban J connectivity index is 1.74. The van der Waals surface area contributed by atoms with Gasteiger partial charge in [-0.1, -0.05) is 25.5 Å². The number of rotatable bonds is 8. The first-order chi connectivity index (χ1) is 17.5. The van der Waals surface area contributed by atoms with Crippen LogP contribution in [-0.2, 0) is 17.7 Å². The van der Waals surface area contributed by atoms with Crippen LogP contribution in [0.1, 0.15) is 52.4 Å². The van der Waals surface area contributed by atoms with Gasteiger partial charge >= 0.3 is 0 Å². The van der Waals surface area contributed by atoms with Gasteiger partial charge in [0.05, 0.1) is 12.2 Å². The third-order valence-electron chi connectivity index (χ3n) is 9.89. The highest BCUT2D eigenvalue weighted by Gasteiger charge is 2.65. The molecule has 0 bridgehead atoms. The minimum Gasteiger partial charge on any atom is -0.414 e. The van der Waals surface area contributed by atoms with Crippen LogP contribution in [0.5, 0.6) is 0 Å². The fourth-order valence-electron chi connectivity index (χ4n) is 8.99. The van der Waals surface area contributed by atoms with E-state index in [1.165, 1.54) is 19.3 Å². The van der Waals surface area contributed by atoms with Gasteiger partial charge in [-0.25, -0.2) is 0 Å². The molecule has 0 aliphatic heterocycles. The summed E-state index contributed by atoms with van der Waals surface area (Å²) in [6.07, 6.45) is 10.7. The number of hydrogen-bond donors (Lipinski definition) is 0. The molecule has 0 heterocycles. The molecule has 0 N–H and O–H groups in total. The van der Waals surface area contributed by atoms with Crippen LogP contribution in [0.25, 0.3) is 0 Å². The molecular formula is C31H62O4Si4. The molecule has 39 heavy (non-hydrogen) atoms. The summed E-state index contributed by atoms with van der Waals surface area (Å²) in [7, 11) is -6.79. The number of fused-ring (bicyclic) bond motifs is 5. The molecule has 9 atom stereocenters. The Labute approximate surface area is 245 Å². The smallest absolute Gasteiger partial charge is 0.184 e. The van der Waals surface area contributed by atoms with Crippen molar-refractivity contribution in [3.05, 3.63) is 11.6 Å². The van der Waals surface area contributed by atoms with Gasteiger partial charge < -0.3 is 17.7 Å². The van der Waals surface area contributed by atoms with Crippen LogP contribution in [0.3, 0.4) is 0 Å². The molecule has 8 heteroatoms. The molecule has 0 aromatic carbocycles. The van der Waals surface area contributed by atoms with Gasteiger partial charge in [0.25, 0.3) is 0 Å². The lowest BCUT2D eigenvalue weighted by atomic mass is 9.47. The van der Waals surface area contributed by atoms with E-state index in [0.29, 0.717) is 30.0 Å². The zero-order valence-electron chi connectivity index (χ0n) is 28.0. The highest BCUT2D eigenvalue weighted by molar-refractivity contribution is 6.70. The Morgan fingerprint density at radius 2 is 1.26 bits per heavy atom. The van der Waals surface area contributed by atoms with E-state index < -0.39 is 33.3 Å². The van der Waals surface area contributed by atoms with E-state index in [4.69, 9.17) is 17.7 Å². The molecule has 4 rings (SSSR count). The topological polar surface area (TPSA) is 36.9 Å². The summed E-state index contributed by atoms with van der Waals surface area (Å²) in [4.78, 5) is 0. The first-order valence-electron chi connectivity index (χ1n) is 15.9. The van der Waals surface area contributed by atoms with Gasteiger partial charge in [0, 0.05) is 17.6 Å². The van der Waals surface area contributed by atoms with E-state index in [1.807, 2.05) is 0 Å². The summed E-state index contributed by atoms with van der Waals surface area (Å²) in [5.41, 5.74) is 1.98. The second kappa shape index (κ2) is 10.6.